The first kappa shape index (κ1) is 20.6. The second-order valence-corrected chi connectivity index (χ2v) is 8.55. The van der Waals surface area contributed by atoms with Gasteiger partial charge < -0.3 is 30.8 Å². The Morgan fingerprint density at radius 2 is 2.12 bits per heavy atom. The van der Waals surface area contributed by atoms with Crippen molar-refractivity contribution in [1.82, 2.24) is 24.9 Å². The summed E-state index contributed by atoms with van der Waals surface area (Å²) in [7, 11) is 1.74. The van der Waals surface area contributed by atoms with Crippen LogP contribution in [0.4, 0.5) is 15.9 Å². The number of aliphatic hydroxyl groups excluding tert-OH is 1. The minimum atomic E-state index is -0.349. The largest absolute Gasteiger partial charge is 0.421 e. The highest BCUT2D eigenvalue weighted by Gasteiger charge is 2.38. The summed E-state index contributed by atoms with van der Waals surface area (Å²) in [6, 6.07) is 3.06. The van der Waals surface area contributed by atoms with E-state index in [1.54, 1.807) is 7.05 Å². The number of hydrogen-bond acceptors (Lipinski definition) is 9. The van der Waals surface area contributed by atoms with Crippen molar-refractivity contribution in [3.05, 3.63) is 47.4 Å². The molecule has 0 amide bonds. The van der Waals surface area contributed by atoms with Crippen LogP contribution in [0.2, 0.25) is 0 Å². The summed E-state index contributed by atoms with van der Waals surface area (Å²) in [5.41, 5.74) is 10.2. The summed E-state index contributed by atoms with van der Waals surface area (Å²) in [4.78, 5) is 23.1. The minimum Gasteiger partial charge on any atom is -0.421 e. The van der Waals surface area contributed by atoms with E-state index in [9.17, 15) is 4.39 Å². The number of benzene rings is 1. The van der Waals surface area contributed by atoms with Crippen LogP contribution in [0.3, 0.4) is 0 Å². The van der Waals surface area contributed by atoms with E-state index in [0.29, 0.717) is 53.0 Å². The van der Waals surface area contributed by atoms with Gasteiger partial charge in [0.15, 0.2) is 5.75 Å². The maximum absolute atomic E-state index is 14.5. The van der Waals surface area contributed by atoms with Gasteiger partial charge in [0, 0.05) is 43.6 Å². The van der Waals surface area contributed by atoms with Gasteiger partial charge in [-0.15, -0.1) is 0 Å². The number of nitrogens with two attached hydrogens (primary N) is 1. The van der Waals surface area contributed by atoms with Gasteiger partial charge in [0.05, 0.1) is 35.6 Å². The molecule has 4 heterocycles. The summed E-state index contributed by atoms with van der Waals surface area (Å²) >= 11 is 0. The van der Waals surface area contributed by atoms with Crippen LogP contribution in [-0.4, -0.2) is 56.8 Å². The van der Waals surface area contributed by atoms with Gasteiger partial charge in [0.1, 0.15) is 23.1 Å². The van der Waals surface area contributed by atoms with Crippen molar-refractivity contribution >= 4 is 33.4 Å². The van der Waals surface area contributed by atoms with Crippen molar-refractivity contribution in [3.63, 3.8) is 0 Å². The van der Waals surface area contributed by atoms with Crippen LogP contribution >= 0.6 is 0 Å². The molecule has 1 aromatic carbocycles. The molecular formula is C23H23FN8O2. The molecule has 1 saturated heterocycles. The molecule has 11 heteroatoms. The molecule has 1 aliphatic heterocycles. The Morgan fingerprint density at radius 1 is 1.29 bits per heavy atom. The third-order valence-corrected chi connectivity index (χ3v) is 6.45. The van der Waals surface area contributed by atoms with Crippen molar-refractivity contribution in [3.8, 4) is 11.8 Å². The smallest absolute Gasteiger partial charge is 0.326 e. The monoisotopic (exact) mass is 462 g/mol. The Morgan fingerprint density at radius 3 is 2.82 bits per heavy atom. The van der Waals surface area contributed by atoms with E-state index in [4.69, 9.17) is 20.6 Å². The van der Waals surface area contributed by atoms with Crippen LogP contribution in [0.1, 0.15) is 12.2 Å². The predicted octanol–water partition coefficient (Wildman–Crippen LogP) is 2.46. The second-order valence-electron chi connectivity index (χ2n) is 8.55. The van der Waals surface area contributed by atoms with Gasteiger partial charge in [-0.2, -0.15) is 9.97 Å². The quantitative estimate of drug-likeness (QED) is 0.340. The predicted molar refractivity (Wildman–Crippen MR) is 125 cm³/mol. The number of fused-ring (bicyclic) bond motifs is 4. The van der Waals surface area contributed by atoms with E-state index in [0.717, 1.165) is 29.6 Å². The molecular weight excluding hydrogens is 439 g/mol. The number of H-pyrrole nitrogens is 1. The van der Waals surface area contributed by atoms with Gasteiger partial charge >= 0.3 is 6.01 Å². The van der Waals surface area contributed by atoms with Crippen LogP contribution in [0, 0.1) is 11.7 Å². The lowest BCUT2D eigenvalue weighted by molar-refractivity contribution is 0.296. The number of allylic oxidation sites excluding steroid dienone is 1. The Labute approximate surface area is 193 Å². The van der Waals surface area contributed by atoms with Crippen LogP contribution in [0.5, 0.6) is 11.8 Å². The van der Waals surface area contributed by atoms with Crippen LogP contribution in [0.25, 0.3) is 21.9 Å². The minimum absolute atomic E-state index is 0.0310. The molecule has 1 unspecified atom stereocenters. The maximum atomic E-state index is 14.5. The number of halogens is 1. The first-order valence-electron chi connectivity index (χ1n) is 11.1. The molecule has 0 saturated carbocycles. The third-order valence-electron chi connectivity index (χ3n) is 6.45. The zero-order valence-corrected chi connectivity index (χ0v) is 18.5. The van der Waals surface area contributed by atoms with Crippen molar-refractivity contribution in [2.24, 2.45) is 11.7 Å². The normalized spacial score (nSPS) is 17.4. The second kappa shape index (κ2) is 7.80. The standard InChI is InChI=1S/C23H23FN8O2/c1-26-17-6-12(24)5-14-19-21(29-20(14)17)30-23(34-13-7-27-18(2-3-33)28-8-13)31-22(19)32-9-11-4-16(25)15(11)10-32/h5-8,11,26,33H,2-4,9-10,25H2,1H3,(H,29,30,31). The number of aromatic amines is 1. The molecule has 2 aliphatic rings. The zero-order valence-electron chi connectivity index (χ0n) is 18.5. The molecule has 1 atom stereocenters. The molecule has 0 radical (unpaired) electrons. The topological polar surface area (TPSA) is 138 Å². The Balaban J connectivity index is 1.48. The third kappa shape index (κ3) is 3.27. The number of nitrogens with zero attached hydrogens (tertiary/aromatic N) is 5. The van der Waals surface area contributed by atoms with Gasteiger partial charge in [-0.05, 0) is 24.1 Å². The number of nitrogens with one attached hydrogen (secondary N) is 2. The summed E-state index contributed by atoms with van der Waals surface area (Å²) in [6.07, 6.45) is 4.29. The van der Waals surface area contributed by atoms with Gasteiger partial charge in [0.25, 0.3) is 0 Å². The van der Waals surface area contributed by atoms with E-state index in [1.807, 2.05) is 0 Å². The number of anilines is 2. The molecule has 0 bridgehead atoms. The molecule has 174 valence electrons. The van der Waals surface area contributed by atoms with Gasteiger partial charge in [-0.1, -0.05) is 0 Å². The fourth-order valence-electron chi connectivity index (χ4n) is 4.78. The SMILES string of the molecule is CNc1cc(F)cc2c1[nH]c1nc(Oc3cnc(CCO)nc3)nc(N3CC4=C(N)CC4C3)c12. The van der Waals surface area contributed by atoms with Crippen LogP contribution < -0.4 is 20.7 Å². The summed E-state index contributed by atoms with van der Waals surface area (Å²) in [5, 5.41) is 13.5. The molecule has 3 aromatic heterocycles. The van der Waals surface area contributed by atoms with E-state index in [2.05, 4.69) is 30.2 Å². The van der Waals surface area contributed by atoms with Crippen molar-refractivity contribution in [2.45, 2.75) is 12.8 Å². The molecule has 10 nitrogen and oxygen atoms in total. The van der Waals surface area contributed by atoms with Crippen molar-refractivity contribution < 1.29 is 14.2 Å². The molecule has 4 aromatic rings. The number of aromatic nitrogens is 5. The number of hydrogen-bond donors (Lipinski definition) is 4. The fraction of sp³-hybridized carbons (Fsp3) is 0.304. The molecule has 34 heavy (non-hydrogen) atoms. The molecule has 1 aliphatic carbocycles. The van der Waals surface area contributed by atoms with Crippen LogP contribution in [0.15, 0.2) is 35.8 Å². The highest BCUT2D eigenvalue weighted by Crippen LogP contribution is 2.43. The summed E-state index contributed by atoms with van der Waals surface area (Å²) < 4.78 is 20.4. The van der Waals surface area contributed by atoms with Crippen molar-refractivity contribution in [2.75, 3.05) is 37.0 Å². The average Bonchev–Trinajstić information content (AvgIpc) is 3.37. The number of aliphatic hydroxyl groups is 1. The molecule has 6 rings (SSSR count). The zero-order chi connectivity index (χ0) is 23.4. The van der Waals surface area contributed by atoms with E-state index < -0.39 is 0 Å². The Kier molecular flexibility index (Phi) is 4.73. The summed E-state index contributed by atoms with van der Waals surface area (Å²) in [6.45, 7) is 1.42. The lowest BCUT2D eigenvalue weighted by Crippen LogP contribution is -2.23. The van der Waals surface area contributed by atoms with Crippen molar-refractivity contribution in [1.29, 1.82) is 0 Å². The van der Waals surface area contributed by atoms with E-state index >= 15 is 0 Å². The number of ether oxygens (including phenoxy) is 1. The number of rotatable bonds is 6. The fourth-order valence-corrected chi connectivity index (χ4v) is 4.78. The van der Waals surface area contributed by atoms with Gasteiger partial charge in [-0.25, -0.2) is 14.4 Å². The molecule has 1 fully saturated rings. The van der Waals surface area contributed by atoms with E-state index in [-0.39, 0.29) is 18.4 Å². The lowest BCUT2D eigenvalue weighted by Gasteiger charge is -2.22. The summed E-state index contributed by atoms with van der Waals surface area (Å²) in [5.74, 6) is 1.61. The first-order valence-corrected chi connectivity index (χ1v) is 11.1. The Hall–Kier alpha value is -3.99. The molecule has 0 spiro atoms. The van der Waals surface area contributed by atoms with Gasteiger partial charge in [0.2, 0.25) is 0 Å². The Bertz CT molecular complexity index is 1450. The highest BCUT2D eigenvalue weighted by molar-refractivity contribution is 6.14. The van der Waals surface area contributed by atoms with E-state index in [1.165, 1.54) is 30.1 Å². The van der Waals surface area contributed by atoms with Gasteiger partial charge in [-0.3, -0.25) is 0 Å². The highest BCUT2D eigenvalue weighted by atomic mass is 19.1. The average molecular weight is 462 g/mol. The van der Waals surface area contributed by atoms with Crippen LogP contribution in [-0.2, 0) is 6.42 Å². The lowest BCUT2D eigenvalue weighted by atomic mass is 9.85. The first-order chi connectivity index (χ1) is 16.5. The molecule has 5 N–H and O–H groups in total. The maximum Gasteiger partial charge on any atom is 0.326 e.